The molecule has 3 nitrogen and oxygen atoms in total. The number of ketones is 1. The van der Waals surface area contributed by atoms with Gasteiger partial charge < -0.3 is 5.11 Å². The van der Waals surface area contributed by atoms with E-state index in [2.05, 4.69) is 0 Å². The lowest BCUT2D eigenvalue weighted by molar-refractivity contribution is -0.137. The monoisotopic (exact) mass is 263 g/mol. The van der Waals surface area contributed by atoms with Gasteiger partial charge in [-0.25, -0.2) is 0 Å². The number of phenolic OH excluding ortho intramolecular Hbond substituents is 1. The van der Waals surface area contributed by atoms with Crippen LogP contribution in [-0.2, 0) is 6.18 Å². The Hall–Kier alpha value is -1.74. The molecule has 0 aliphatic heterocycles. The van der Waals surface area contributed by atoms with Gasteiger partial charge in [-0.1, -0.05) is 0 Å². The average molecular weight is 264 g/mol. The molecular weight excluding hydrogens is 259 g/mol. The zero-order valence-corrected chi connectivity index (χ0v) is 8.93. The van der Waals surface area contributed by atoms with Gasteiger partial charge in [0.15, 0.2) is 5.78 Å². The van der Waals surface area contributed by atoms with Crippen LogP contribution < -0.4 is 0 Å². The number of halogens is 4. The molecule has 0 heterocycles. The first kappa shape index (κ1) is 13.3. The second-order valence-corrected chi connectivity index (χ2v) is 3.32. The molecule has 0 spiro atoms. The first-order valence-corrected chi connectivity index (χ1v) is 4.78. The summed E-state index contributed by atoms with van der Waals surface area (Å²) in [6, 6.07) is 2.59. The number of nitriles is 1. The van der Waals surface area contributed by atoms with Crippen molar-refractivity contribution < 1.29 is 23.1 Å². The number of nitrogens with zero attached hydrogens (tertiary/aromatic N) is 1. The Morgan fingerprint density at radius 1 is 1.47 bits per heavy atom. The third-order valence-corrected chi connectivity index (χ3v) is 2.26. The van der Waals surface area contributed by atoms with Crippen LogP contribution >= 0.6 is 11.6 Å². The quantitative estimate of drug-likeness (QED) is 0.659. The van der Waals surface area contributed by atoms with Crippen LogP contribution in [-0.4, -0.2) is 16.8 Å². The summed E-state index contributed by atoms with van der Waals surface area (Å²) >= 11 is 5.22. The Balaban J connectivity index is 3.50. The number of alkyl halides is 4. The molecule has 0 fully saturated rings. The number of rotatable bonds is 2. The van der Waals surface area contributed by atoms with Gasteiger partial charge in [0, 0.05) is 0 Å². The lowest BCUT2D eigenvalue weighted by Gasteiger charge is -2.11. The number of carbonyl (C=O) groups is 1. The van der Waals surface area contributed by atoms with Gasteiger partial charge in [0.05, 0.1) is 17.0 Å². The number of benzene rings is 1. The van der Waals surface area contributed by atoms with E-state index in [1.54, 1.807) is 0 Å². The summed E-state index contributed by atoms with van der Waals surface area (Å²) in [5.41, 5.74) is -2.67. The summed E-state index contributed by atoms with van der Waals surface area (Å²) in [4.78, 5) is 11.2. The van der Waals surface area contributed by atoms with E-state index in [4.69, 9.17) is 16.9 Å². The van der Waals surface area contributed by atoms with Gasteiger partial charge in [-0.05, 0) is 12.1 Å². The Kier molecular flexibility index (Phi) is 3.63. The maximum absolute atomic E-state index is 12.5. The first-order valence-electron chi connectivity index (χ1n) is 4.25. The fourth-order valence-electron chi connectivity index (χ4n) is 1.24. The van der Waals surface area contributed by atoms with Crippen LogP contribution in [0.4, 0.5) is 13.2 Å². The Morgan fingerprint density at radius 3 is 2.47 bits per heavy atom. The summed E-state index contributed by atoms with van der Waals surface area (Å²) in [6.07, 6.45) is -4.77. The van der Waals surface area contributed by atoms with Crippen LogP contribution in [0.25, 0.3) is 0 Å². The molecule has 0 aliphatic carbocycles. The first-order chi connectivity index (χ1) is 7.82. The standard InChI is InChI=1S/C10H5ClF3NO2/c11-3-8(16)5-1-2-7(10(12,13)14)6(4-15)9(5)17/h1-2,17H,3H2. The molecule has 17 heavy (non-hydrogen) atoms. The minimum Gasteiger partial charge on any atom is -0.506 e. The summed E-state index contributed by atoms with van der Waals surface area (Å²) in [5.74, 6) is -2.24. The fraction of sp³-hybridized carbons (Fsp3) is 0.200. The maximum atomic E-state index is 12.5. The molecule has 0 atom stereocenters. The molecular formula is C10H5ClF3NO2. The zero-order chi connectivity index (χ0) is 13.2. The maximum Gasteiger partial charge on any atom is 0.417 e. The number of aromatic hydroxyl groups is 1. The van der Waals surface area contributed by atoms with Crippen LogP contribution in [0.2, 0.25) is 0 Å². The van der Waals surface area contributed by atoms with Crippen LogP contribution in [0.1, 0.15) is 21.5 Å². The van der Waals surface area contributed by atoms with Crippen molar-refractivity contribution in [1.29, 1.82) is 5.26 Å². The SMILES string of the molecule is N#Cc1c(C(F)(F)F)ccc(C(=O)CCl)c1O. The van der Waals surface area contributed by atoms with E-state index < -0.39 is 40.3 Å². The summed E-state index contributed by atoms with van der Waals surface area (Å²) in [6.45, 7) is 0. The van der Waals surface area contributed by atoms with Gasteiger partial charge >= 0.3 is 6.18 Å². The van der Waals surface area contributed by atoms with E-state index in [9.17, 15) is 23.1 Å². The van der Waals surface area contributed by atoms with E-state index in [0.29, 0.717) is 6.07 Å². The lowest BCUT2D eigenvalue weighted by atomic mass is 10.0. The largest absolute Gasteiger partial charge is 0.506 e. The second-order valence-electron chi connectivity index (χ2n) is 3.05. The molecule has 0 bridgehead atoms. The van der Waals surface area contributed by atoms with E-state index >= 15 is 0 Å². The van der Waals surface area contributed by atoms with Gasteiger partial charge in [-0.2, -0.15) is 18.4 Å². The van der Waals surface area contributed by atoms with Crippen molar-refractivity contribution in [2.75, 3.05) is 5.88 Å². The minimum absolute atomic E-state index is 0.399. The van der Waals surface area contributed by atoms with Gasteiger partial charge in [0.2, 0.25) is 0 Å². The molecule has 0 amide bonds. The smallest absolute Gasteiger partial charge is 0.417 e. The van der Waals surface area contributed by atoms with E-state index in [-0.39, 0.29) is 0 Å². The van der Waals surface area contributed by atoms with Gasteiger partial charge in [0.1, 0.15) is 17.4 Å². The van der Waals surface area contributed by atoms with E-state index in [0.717, 1.165) is 6.07 Å². The molecule has 7 heteroatoms. The van der Waals surface area contributed by atoms with Crippen molar-refractivity contribution in [3.63, 3.8) is 0 Å². The minimum atomic E-state index is -4.77. The molecule has 1 N–H and O–H groups in total. The molecule has 0 saturated carbocycles. The van der Waals surface area contributed by atoms with Crippen molar-refractivity contribution in [1.82, 2.24) is 0 Å². The number of Topliss-reactive ketones (excluding diaryl/α,β-unsaturated/α-hetero) is 1. The highest BCUT2D eigenvalue weighted by atomic mass is 35.5. The Bertz CT molecular complexity index is 505. The molecule has 1 aromatic carbocycles. The average Bonchev–Trinajstić information content (AvgIpc) is 2.26. The van der Waals surface area contributed by atoms with Crippen LogP contribution in [0.3, 0.4) is 0 Å². The molecule has 0 aromatic heterocycles. The van der Waals surface area contributed by atoms with Crippen molar-refractivity contribution in [3.05, 3.63) is 28.8 Å². The third-order valence-electron chi connectivity index (χ3n) is 2.02. The summed E-state index contributed by atoms with van der Waals surface area (Å²) in [7, 11) is 0. The highest BCUT2D eigenvalue weighted by Gasteiger charge is 2.35. The van der Waals surface area contributed by atoms with Crippen molar-refractivity contribution in [2.45, 2.75) is 6.18 Å². The van der Waals surface area contributed by atoms with E-state index in [1.165, 1.54) is 6.07 Å². The molecule has 90 valence electrons. The van der Waals surface area contributed by atoms with Crippen LogP contribution in [0, 0.1) is 11.3 Å². The topological polar surface area (TPSA) is 61.1 Å². The predicted molar refractivity (Wildman–Crippen MR) is 52.9 cm³/mol. The Labute approximate surface area is 99.0 Å². The molecule has 0 unspecified atom stereocenters. The number of carbonyl (C=O) groups excluding carboxylic acids is 1. The van der Waals surface area contributed by atoms with Crippen LogP contribution in [0.15, 0.2) is 12.1 Å². The van der Waals surface area contributed by atoms with Gasteiger partial charge in [-0.15, -0.1) is 11.6 Å². The normalized spacial score (nSPS) is 11.0. The molecule has 1 rings (SSSR count). The van der Waals surface area contributed by atoms with Crippen molar-refractivity contribution in [2.24, 2.45) is 0 Å². The number of hydrogen-bond donors (Lipinski definition) is 1. The van der Waals surface area contributed by atoms with Gasteiger partial charge in [0.25, 0.3) is 0 Å². The third kappa shape index (κ3) is 2.50. The summed E-state index contributed by atoms with van der Waals surface area (Å²) in [5, 5.41) is 18.0. The fourth-order valence-corrected chi connectivity index (χ4v) is 1.38. The molecule has 0 saturated heterocycles. The number of hydrogen-bond acceptors (Lipinski definition) is 3. The molecule has 1 aromatic rings. The highest BCUT2D eigenvalue weighted by molar-refractivity contribution is 6.30. The van der Waals surface area contributed by atoms with Crippen molar-refractivity contribution >= 4 is 17.4 Å². The second kappa shape index (κ2) is 4.63. The van der Waals surface area contributed by atoms with E-state index in [1.807, 2.05) is 0 Å². The zero-order valence-electron chi connectivity index (χ0n) is 8.18. The predicted octanol–water partition coefficient (Wildman–Crippen LogP) is 2.70. The van der Waals surface area contributed by atoms with Gasteiger partial charge in [-0.3, -0.25) is 4.79 Å². The number of phenols is 1. The molecule has 0 aliphatic rings. The summed E-state index contributed by atoms with van der Waals surface area (Å²) < 4.78 is 37.4. The Morgan fingerprint density at radius 2 is 2.06 bits per heavy atom. The highest BCUT2D eigenvalue weighted by Crippen LogP contribution is 2.37. The lowest BCUT2D eigenvalue weighted by Crippen LogP contribution is -2.10. The van der Waals surface area contributed by atoms with Crippen LogP contribution in [0.5, 0.6) is 5.75 Å². The molecule has 0 radical (unpaired) electrons. The van der Waals surface area contributed by atoms with Crippen molar-refractivity contribution in [3.8, 4) is 11.8 Å².